The number of nitrogens with zero attached hydrogens (tertiary/aromatic N) is 1. The monoisotopic (exact) mass is 345 g/mol. The van der Waals surface area contributed by atoms with E-state index in [0.717, 1.165) is 6.20 Å². The van der Waals surface area contributed by atoms with Gasteiger partial charge in [-0.3, -0.25) is 4.79 Å². The SMILES string of the molecule is COc1ccc(NC(=O)/C(C#N)=C\Nc2ccccc2F)cc1Cl. The number of benzene rings is 2. The zero-order chi connectivity index (χ0) is 17.5. The fraction of sp³-hybridized carbons (Fsp3) is 0.0588. The van der Waals surface area contributed by atoms with Crippen molar-refractivity contribution in [3.8, 4) is 11.8 Å². The average Bonchev–Trinajstić information content (AvgIpc) is 2.57. The van der Waals surface area contributed by atoms with Crippen LogP contribution in [0.4, 0.5) is 15.8 Å². The maximum Gasteiger partial charge on any atom is 0.267 e. The third-order valence-corrected chi connectivity index (χ3v) is 3.32. The Balaban J connectivity index is 2.12. The number of ether oxygens (including phenoxy) is 1. The van der Waals surface area contributed by atoms with Gasteiger partial charge >= 0.3 is 0 Å². The van der Waals surface area contributed by atoms with Crippen molar-refractivity contribution in [1.29, 1.82) is 5.26 Å². The Kier molecular flexibility index (Phi) is 5.77. The molecular weight excluding hydrogens is 333 g/mol. The van der Waals surface area contributed by atoms with E-state index in [0.29, 0.717) is 16.5 Å². The highest BCUT2D eigenvalue weighted by atomic mass is 35.5. The Bertz CT molecular complexity index is 831. The summed E-state index contributed by atoms with van der Waals surface area (Å²) in [5.74, 6) is -0.678. The second-order valence-electron chi connectivity index (χ2n) is 4.60. The topological polar surface area (TPSA) is 74.1 Å². The Hall–Kier alpha value is -3.04. The first-order valence-electron chi connectivity index (χ1n) is 6.81. The highest BCUT2D eigenvalue weighted by Crippen LogP contribution is 2.27. The van der Waals surface area contributed by atoms with Crippen LogP contribution in [0.15, 0.2) is 54.2 Å². The molecule has 0 spiro atoms. The molecule has 0 heterocycles. The Morgan fingerprint density at radius 3 is 2.71 bits per heavy atom. The summed E-state index contributed by atoms with van der Waals surface area (Å²) in [6, 6.07) is 12.3. The van der Waals surface area contributed by atoms with Gasteiger partial charge in [-0.25, -0.2) is 4.39 Å². The molecule has 24 heavy (non-hydrogen) atoms. The van der Waals surface area contributed by atoms with Crippen LogP contribution in [-0.4, -0.2) is 13.0 Å². The molecule has 2 aromatic rings. The van der Waals surface area contributed by atoms with E-state index in [1.165, 1.54) is 31.4 Å². The molecule has 0 fully saturated rings. The zero-order valence-electron chi connectivity index (χ0n) is 12.6. The number of hydrogen-bond donors (Lipinski definition) is 2. The van der Waals surface area contributed by atoms with E-state index in [2.05, 4.69) is 10.6 Å². The highest BCUT2D eigenvalue weighted by Gasteiger charge is 2.11. The third-order valence-electron chi connectivity index (χ3n) is 3.02. The van der Waals surface area contributed by atoms with Gasteiger partial charge in [-0.1, -0.05) is 23.7 Å². The van der Waals surface area contributed by atoms with Gasteiger partial charge in [-0.15, -0.1) is 0 Å². The zero-order valence-corrected chi connectivity index (χ0v) is 13.4. The number of rotatable bonds is 5. The number of carbonyl (C=O) groups is 1. The number of para-hydroxylation sites is 1. The third kappa shape index (κ3) is 4.24. The first-order chi connectivity index (χ1) is 11.5. The molecule has 1 amide bonds. The molecule has 122 valence electrons. The molecule has 0 unspecified atom stereocenters. The van der Waals surface area contributed by atoms with Gasteiger partial charge in [0.25, 0.3) is 5.91 Å². The first-order valence-corrected chi connectivity index (χ1v) is 7.19. The predicted molar refractivity (Wildman–Crippen MR) is 90.4 cm³/mol. The molecule has 0 aromatic heterocycles. The maximum atomic E-state index is 13.5. The lowest BCUT2D eigenvalue weighted by Gasteiger charge is -2.08. The average molecular weight is 346 g/mol. The highest BCUT2D eigenvalue weighted by molar-refractivity contribution is 6.32. The lowest BCUT2D eigenvalue weighted by molar-refractivity contribution is -0.112. The van der Waals surface area contributed by atoms with Crippen molar-refractivity contribution in [2.75, 3.05) is 17.7 Å². The molecule has 2 aromatic carbocycles. The summed E-state index contributed by atoms with van der Waals surface area (Å²) in [4.78, 5) is 12.1. The molecule has 0 radical (unpaired) electrons. The summed E-state index contributed by atoms with van der Waals surface area (Å²) >= 11 is 5.98. The van der Waals surface area contributed by atoms with Crippen molar-refractivity contribution in [3.05, 3.63) is 65.1 Å². The maximum absolute atomic E-state index is 13.5. The summed E-state index contributed by atoms with van der Waals surface area (Å²) in [5.41, 5.74) is 0.341. The van der Waals surface area contributed by atoms with Crippen molar-refractivity contribution in [1.82, 2.24) is 0 Å². The summed E-state index contributed by atoms with van der Waals surface area (Å²) in [5, 5.41) is 14.5. The molecule has 5 nitrogen and oxygen atoms in total. The Morgan fingerprint density at radius 1 is 1.33 bits per heavy atom. The van der Waals surface area contributed by atoms with E-state index in [-0.39, 0.29) is 11.3 Å². The Labute approximate surface area is 143 Å². The minimum Gasteiger partial charge on any atom is -0.495 e. The number of carbonyl (C=O) groups excluding carboxylic acids is 1. The normalized spacial score (nSPS) is 10.7. The number of nitrogens with one attached hydrogen (secondary N) is 2. The molecule has 0 aliphatic heterocycles. The number of amides is 1. The van der Waals surface area contributed by atoms with Crippen LogP contribution in [0.2, 0.25) is 5.02 Å². The van der Waals surface area contributed by atoms with Crippen LogP contribution >= 0.6 is 11.6 Å². The van der Waals surface area contributed by atoms with Crippen LogP contribution in [0.1, 0.15) is 0 Å². The van der Waals surface area contributed by atoms with Crippen LogP contribution in [0, 0.1) is 17.1 Å². The predicted octanol–water partition coefficient (Wildman–Crippen LogP) is 3.95. The van der Waals surface area contributed by atoms with E-state index < -0.39 is 11.7 Å². The summed E-state index contributed by atoms with van der Waals surface area (Å²) in [6.07, 6.45) is 1.14. The van der Waals surface area contributed by atoms with E-state index in [9.17, 15) is 9.18 Å². The van der Waals surface area contributed by atoms with Crippen LogP contribution in [-0.2, 0) is 4.79 Å². The van der Waals surface area contributed by atoms with Crippen LogP contribution in [0.3, 0.4) is 0 Å². The van der Waals surface area contributed by atoms with Crippen LogP contribution in [0.25, 0.3) is 0 Å². The summed E-state index contributed by atoms with van der Waals surface area (Å²) in [6.45, 7) is 0. The minimum absolute atomic E-state index is 0.158. The summed E-state index contributed by atoms with van der Waals surface area (Å²) in [7, 11) is 1.48. The van der Waals surface area contributed by atoms with E-state index in [1.54, 1.807) is 24.3 Å². The molecule has 7 heteroatoms. The largest absolute Gasteiger partial charge is 0.495 e. The number of hydrogen-bond acceptors (Lipinski definition) is 4. The summed E-state index contributed by atoms with van der Waals surface area (Å²) < 4.78 is 18.5. The number of methoxy groups -OCH3 is 1. The Morgan fingerprint density at radius 2 is 2.08 bits per heavy atom. The smallest absolute Gasteiger partial charge is 0.267 e. The quantitative estimate of drug-likeness (QED) is 0.635. The van der Waals surface area contributed by atoms with Crippen molar-refractivity contribution >= 4 is 28.9 Å². The van der Waals surface area contributed by atoms with Crippen LogP contribution in [0.5, 0.6) is 5.75 Å². The van der Waals surface area contributed by atoms with Crippen molar-refractivity contribution in [3.63, 3.8) is 0 Å². The number of nitriles is 1. The van der Waals surface area contributed by atoms with Crippen molar-refractivity contribution < 1.29 is 13.9 Å². The second kappa shape index (κ2) is 7.99. The van der Waals surface area contributed by atoms with Crippen LogP contribution < -0.4 is 15.4 Å². The molecule has 2 N–H and O–H groups in total. The lowest BCUT2D eigenvalue weighted by atomic mass is 10.2. The molecule has 0 aliphatic carbocycles. The van der Waals surface area contributed by atoms with Gasteiger partial charge in [-0.2, -0.15) is 5.26 Å². The number of anilines is 2. The molecule has 0 bridgehead atoms. The molecule has 0 aliphatic rings. The van der Waals surface area contributed by atoms with Crippen molar-refractivity contribution in [2.24, 2.45) is 0 Å². The van der Waals surface area contributed by atoms with Gasteiger partial charge in [0.05, 0.1) is 17.8 Å². The first kappa shape index (κ1) is 17.3. The van der Waals surface area contributed by atoms with Gasteiger partial charge < -0.3 is 15.4 Å². The van der Waals surface area contributed by atoms with Gasteiger partial charge in [0.2, 0.25) is 0 Å². The fourth-order valence-electron chi connectivity index (χ4n) is 1.82. The molecule has 0 saturated heterocycles. The molecule has 0 saturated carbocycles. The standard InChI is InChI=1S/C17H13ClFN3O2/c1-24-16-7-6-12(8-13(16)18)22-17(23)11(9-20)10-21-15-5-3-2-4-14(15)19/h2-8,10,21H,1H3,(H,22,23)/b11-10-. The van der Waals surface area contributed by atoms with Gasteiger partial charge in [0, 0.05) is 11.9 Å². The fourth-order valence-corrected chi connectivity index (χ4v) is 2.08. The minimum atomic E-state index is -0.650. The van der Waals surface area contributed by atoms with Gasteiger partial charge in [0.15, 0.2) is 0 Å². The van der Waals surface area contributed by atoms with E-state index in [4.69, 9.17) is 21.6 Å². The number of halogens is 2. The lowest BCUT2D eigenvalue weighted by Crippen LogP contribution is -2.14. The second-order valence-corrected chi connectivity index (χ2v) is 5.00. The molecule has 2 rings (SSSR count). The molecule has 0 atom stereocenters. The van der Waals surface area contributed by atoms with Crippen molar-refractivity contribution in [2.45, 2.75) is 0 Å². The van der Waals surface area contributed by atoms with E-state index >= 15 is 0 Å². The van der Waals surface area contributed by atoms with Gasteiger partial charge in [-0.05, 0) is 30.3 Å². The molecular formula is C17H13ClFN3O2. The van der Waals surface area contributed by atoms with E-state index in [1.807, 2.05) is 0 Å². The van der Waals surface area contributed by atoms with Gasteiger partial charge in [0.1, 0.15) is 23.2 Å².